The number of hydrogen-bond acceptors (Lipinski definition) is 8. The van der Waals surface area contributed by atoms with Crippen molar-refractivity contribution in [1.29, 1.82) is 0 Å². The number of hydrogen-bond donors (Lipinski definition) is 3. The molecule has 0 saturated carbocycles. The van der Waals surface area contributed by atoms with E-state index in [2.05, 4.69) is 20.0 Å². The van der Waals surface area contributed by atoms with Crippen LogP contribution < -0.4 is 14.3 Å². The summed E-state index contributed by atoms with van der Waals surface area (Å²) in [5, 5.41) is 12.4. The Bertz CT molecular complexity index is 1670. The number of nitrogens with zero attached hydrogens (tertiary/aromatic N) is 4. The second kappa shape index (κ2) is 11.5. The first kappa shape index (κ1) is 28.8. The van der Waals surface area contributed by atoms with Crippen molar-refractivity contribution >= 4 is 71.6 Å². The minimum Gasteiger partial charge on any atom is -0.480 e. The standard InChI is InChI=1S/C23H24Cl2N6O6S2/c1-38(34,35)29-6-5-26-21-12-28-22(13-27-21)30-7-4-15-8-18(2-3-20(15)30)31(14-23(32)33)39(36,37)19-10-16(24)9-17(25)11-19/h2-4,7-10,12-13,19,29H,5-6,11,14H2,1H3,(H,26,27)(H,32,33). The van der Waals surface area contributed by atoms with E-state index < -0.39 is 37.8 Å². The Labute approximate surface area is 235 Å². The molecule has 1 aliphatic rings. The first-order valence-corrected chi connectivity index (χ1v) is 15.6. The fraction of sp³-hybridized carbons (Fsp3) is 0.261. The summed E-state index contributed by atoms with van der Waals surface area (Å²) >= 11 is 12.1. The third-order valence-electron chi connectivity index (χ3n) is 5.65. The lowest BCUT2D eigenvalue weighted by atomic mass is 10.2. The van der Waals surface area contributed by atoms with Gasteiger partial charge < -0.3 is 10.4 Å². The molecule has 2 aromatic heterocycles. The molecule has 1 aliphatic carbocycles. The SMILES string of the molecule is CS(=O)(=O)NCCNc1cnc(-n2ccc3cc(N(CC(=O)O)S(=O)(=O)C4C=C(Cl)C=C(Cl)C4)ccc32)cn1. The highest BCUT2D eigenvalue weighted by Gasteiger charge is 2.34. The molecule has 4 rings (SSSR count). The van der Waals surface area contributed by atoms with E-state index in [1.54, 1.807) is 29.0 Å². The van der Waals surface area contributed by atoms with E-state index in [0.717, 1.165) is 10.6 Å². The van der Waals surface area contributed by atoms with Crippen LogP contribution in [-0.2, 0) is 24.8 Å². The summed E-state index contributed by atoms with van der Waals surface area (Å²) in [6.45, 7) is -0.274. The van der Waals surface area contributed by atoms with Crippen molar-refractivity contribution < 1.29 is 26.7 Å². The molecule has 1 unspecified atom stereocenters. The molecule has 3 N–H and O–H groups in total. The Morgan fingerprint density at radius 2 is 1.92 bits per heavy atom. The average Bonchev–Trinajstić information content (AvgIpc) is 3.27. The maximum Gasteiger partial charge on any atom is 0.324 e. The van der Waals surface area contributed by atoms with E-state index in [0.29, 0.717) is 29.1 Å². The van der Waals surface area contributed by atoms with Crippen molar-refractivity contribution in [2.45, 2.75) is 11.7 Å². The smallest absolute Gasteiger partial charge is 0.324 e. The monoisotopic (exact) mass is 614 g/mol. The van der Waals surface area contributed by atoms with Crippen LogP contribution in [0, 0.1) is 0 Å². The van der Waals surface area contributed by atoms with Crippen LogP contribution >= 0.6 is 23.2 Å². The fourth-order valence-corrected chi connectivity index (χ4v) is 6.94. The maximum atomic E-state index is 13.5. The molecule has 3 aromatic rings. The van der Waals surface area contributed by atoms with Crippen LogP contribution in [0.2, 0.25) is 0 Å². The van der Waals surface area contributed by atoms with E-state index in [1.165, 1.54) is 30.6 Å². The Morgan fingerprint density at radius 3 is 2.56 bits per heavy atom. The average molecular weight is 616 g/mol. The second-order valence-corrected chi connectivity index (χ2v) is 13.4. The van der Waals surface area contributed by atoms with Gasteiger partial charge in [0.05, 0.1) is 29.9 Å². The molecule has 0 aliphatic heterocycles. The molecule has 39 heavy (non-hydrogen) atoms. The third kappa shape index (κ3) is 7.08. The number of aliphatic carboxylic acids is 1. The summed E-state index contributed by atoms with van der Waals surface area (Å²) in [4.78, 5) is 20.3. The number of fused-ring (bicyclic) bond motifs is 1. The van der Waals surface area contributed by atoms with Gasteiger partial charge in [0, 0.05) is 41.2 Å². The van der Waals surface area contributed by atoms with E-state index in [9.17, 15) is 26.7 Å². The molecular formula is C23H24Cl2N6O6S2. The van der Waals surface area contributed by atoms with Gasteiger partial charge in [-0.15, -0.1) is 0 Å². The molecule has 0 fully saturated rings. The van der Waals surface area contributed by atoms with Crippen molar-refractivity contribution in [3.05, 3.63) is 65.1 Å². The first-order chi connectivity index (χ1) is 18.3. The minimum atomic E-state index is -4.18. The topological polar surface area (TPSA) is 164 Å². The molecule has 12 nitrogen and oxygen atoms in total. The van der Waals surface area contributed by atoms with Gasteiger partial charge in [-0.1, -0.05) is 23.2 Å². The minimum absolute atomic E-state index is 0.0212. The largest absolute Gasteiger partial charge is 0.480 e. The number of rotatable bonds is 11. The highest BCUT2D eigenvalue weighted by atomic mass is 35.5. The van der Waals surface area contributed by atoms with Crippen LogP contribution in [0.25, 0.3) is 16.7 Å². The van der Waals surface area contributed by atoms with Crippen molar-refractivity contribution in [2.75, 3.05) is 35.5 Å². The molecule has 1 aromatic carbocycles. The Balaban J connectivity index is 1.57. The lowest BCUT2D eigenvalue weighted by Gasteiger charge is -2.28. The molecule has 2 heterocycles. The van der Waals surface area contributed by atoms with E-state index in [4.69, 9.17) is 23.2 Å². The lowest BCUT2D eigenvalue weighted by Crippen LogP contribution is -2.41. The summed E-state index contributed by atoms with van der Waals surface area (Å²) < 4.78 is 54.1. The molecule has 0 spiro atoms. The summed E-state index contributed by atoms with van der Waals surface area (Å²) in [6.07, 6.45) is 8.60. The highest BCUT2D eigenvalue weighted by molar-refractivity contribution is 7.93. The number of carbonyl (C=O) groups is 1. The highest BCUT2D eigenvalue weighted by Crippen LogP contribution is 2.32. The Morgan fingerprint density at radius 1 is 1.15 bits per heavy atom. The van der Waals surface area contributed by atoms with Crippen LogP contribution in [0.4, 0.5) is 11.5 Å². The van der Waals surface area contributed by atoms with E-state index in [1.807, 2.05) is 0 Å². The zero-order chi connectivity index (χ0) is 28.4. The van der Waals surface area contributed by atoms with Crippen LogP contribution in [-0.4, -0.2) is 73.6 Å². The van der Waals surface area contributed by atoms with Crippen LogP contribution in [0.1, 0.15) is 6.42 Å². The summed E-state index contributed by atoms with van der Waals surface area (Å²) in [6, 6.07) is 6.50. The van der Waals surface area contributed by atoms with Gasteiger partial charge in [-0.3, -0.25) is 13.7 Å². The number of aromatic nitrogens is 3. The maximum absolute atomic E-state index is 13.5. The van der Waals surface area contributed by atoms with Gasteiger partial charge in [0.15, 0.2) is 5.82 Å². The number of allylic oxidation sites excluding steroid dienone is 3. The predicted molar refractivity (Wildman–Crippen MR) is 150 cm³/mol. The van der Waals surface area contributed by atoms with E-state index in [-0.39, 0.29) is 28.7 Å². The van der Waals surface area contributed by atoms with Gasteiger partial charge in [0.2, 0.25) is 20.0 Å². The summed E-state index contributed by atoms with van der Waals surface area (Å²) in [5.74, 6) is -0.384. The lowest BCUT2D eigenvalue weighted by molar-refractivity contribution is -0.135. The van der Waals surface area contributed by atoms with Crippen molar-refractivity contribution in [3.8, 4) is 5.82 Å². The molecular weight excluding hydrogens is 591 g/mol. The number of carboxylic acid groups (broad SMARTS) is 1. The van der Waals surface area contributed by atoms with Crippen LogP contribution in [0.5, 0.6) is 0 Å². The first-order valence-electron chi connectivity index (χ1n) is 11.4. The number of benzene rings is 1. The third-order valence-corrected chi connectivity index (χ3v) is 8.90. The molecule has 0 amide bonds. The number of nitrogens with one attached hydrogen (secondary N) is 2. The normalized spacial score (nSPS) is 16.0. The zero-order valence-electron chi connectivity index (χ0n) is 20.5. The fourth-order valence-electron chi connectivity index (χ4n) is 3.94. The number of anilines is 2. The number of sulfonamides is 2. The van der Waals surface area contributed by atoms with Gasteiger partial charge >= 0.3 is 5.97 Å². The van der Waals surface area contributed by atoms with Crippen molar-refractivity contribution in [3.63, 3.8) is 0 Å². The molecule has 208 valence electrons. The van der Waals surface area contributed by atoms with Crippen LogP contribution in [0.3, 0.4) is 0 Å². The van der Waals surface area contributed by atoms with Crippen molar-refractivity contribution in [2.24, 2.45) is 0 Å². The molecule has 0 saturated heterocycles. The van der Waals surface area contributed by atoms with E-state index >= 15 is 0 Å². The summed E-state index contributed by atoms with van der Waals surface area (Å²) in [7, 11) is -7.46. The van der Waals surface area contributed by atoms with Gasteiger partial charge in [0.1, 0.15) is 17.6 Å². The van der Waals surface area contributed by atoms with Gasteiger partial charge in [-0.2, -0.15) is 0 Å². The van der Waals surface area contributed by atoms with Crippen molar-refractivity contribution in [1.82, 2.24) is 19.3 Å². The number of halogens is 2. The Kier molecular flexibility index (Phi) is 8.51. The van der Waals surface area contributed by atoms with Crippen LogP contribution in [0.15, 0.2) is 65.1 Å². The molecule has 0 radical (unpaired) electrons. The predicted octanol–water partition coefficient (Wildman–Crippen LogP) is 2.62. The Hall–Kier alpha value is -3.17. The molecule has 16 heteroatoms. The van der Waals surface area contributed by atoms with Gasteiger partial charge in [-0.05, 0) is 36.4 Å². The van der Waals surface area contributed by atoms with Gasteiger partial charge in [-0.25, -0.2) is 31.5 Å². The summed E-state index contributed by atoms with van der Waals surface area (Å²) in [5.41, 5.74) is 0.858. The molecule has 1 atom stereocenters. The van der Waals surface area contributed by atoms with Gasteiger partial charge in [0.25, 0.3) is 0 Å². The molecule has 0 bridgehead atoms. The second-order valence-electron chi connectivity index (χ2n) is 8.61. The quantitative estimate of drug-likeness (QED) is 0.275. The zero-order valence-corrected chi connectivity index (χ0v) is 23.6. The number of carboxylic acids is 1.